The Hall–Kier alpha value is -1.35. The van der Waals surface area contributed by atoms with Crippen molar-refractivity contribution in [3.8, 4) is 0 Å². The van der Waals surface area contributed by atoms with Crippen molar-refractivity contribution < 1.29 is 5.11 Å². The fraction of sp³-hybridized carbons (Fsp3) is 0.294. The second-order valence-electron chi connectivity index (χ2n) is 5.40. The molecule has 104 valence electrons. The van der Waals surface area contributed by atoms with Crippen molar-refractivity contribution in [2.45, 2.75) is 24.4 Å². The smallest absolute Gasteiger partial charge is 0.0692 e. The average Bonchev–Trinajstić information content (AvgIpc) is 2.41. The van der Waals surface area contributed by atoms with E-state index in [1.54, 1.807) is 0 Å². The Labute approximate surface area is 124 Å². The van der Waals surface area contributed by atoms with Gasteiger partial charge in [0.05, 0.1) is 6.10 Å². The first-order valence-corrected chi connectivity index (χ1v) is 7.30. The molecule has 0 spiro atoms. The molecule has 3 unspecified atom stereocenters. The molecule has 0 fully saturated rings. The molecule has 2 nitrogen and oxygen atoms in total. The van der Waals surface area contributed by atoms with Crippen LogP contribution in [0.25, 0.3) is 0 Å². The van der Waals surface area contributed by atoms with Gasteiger partial charge in [0.1, 0.15) is 0 Å². The highest BCUT2D eigenvalue weighted by Gasteiger charge is 2.36. The van der Waals surface area contributed by atoms with Crippen LogP contribution in [0.3, 0.4) is 0 Å². The molecular formula is C17H18ClNO. The fourth-order valence-electron chi connectivity index (χ4n) is 3.09. The standard InChI is InChI=1S/C17H18ClNO/c18-13-6-3-5-11(8-13)16(10-19)17(20)15-9-12-4-1-2-7-14(12)15/h1-8,15-17,20H,9-10,19H2. The molecule has 2 aromatic carbocycles. The van der Waals surface area contributed by atoms with E-state index in [1.807, 2.05) is 36.4 Å². The Bertz CT molecular complexity index is 613. The minimum Gasteiger partial charge on any atom is -0.392 e. The van der Waals surface area contributed by atoms with Crippen molar-refractivity contribution >= 4 is 11.6 Å². The molecule has 3 heteroatoms. The lowest BCUT2D eigenvalue weighted by molar-refractivity contribution is 0.106. The van der Waals surface area contributed by atoms with Crippen molar-refractivity contribution in [2.24, 2.45) is 5.73 Å². The van der Waals surface area contributed by atoms with Crippen LogP contribution in [-0.4, -0.2) is 17.8 Å². The van der Waals surface area contributed by atoms with Crippen LogP contribution in [0.5, 0.6) is 0 Å². The van der Waals surface area contributed by atoms with Gasteiger partial charge in [0.25, 0.3) is 0 Å². The van der Waals surface area contributed by atoms with E-state index < -0.39 is 6.10 Å². The number of aliphatic hydroxyl groups excluding tert-OH is 1. The van der Waals surface area contributed by atoms with E-state index >= 15 is 0 Å². The van der Waals surface area contributed by atoms with Crippen LogP contribution in [0, 0.1) is 0 Å². The van der Waals surface area contributed by atoms with Gasteiger partial charge >= 0.3 is 0 Å². The minimum atomic E-state index is -0.464. The molecule has 0 saturated carbocycles. The molecule has 2 aromatic rings. The monoisotopic (exact) mass is 287 g/mol. The number of fused-ring (bicyclic) bond motifs is 1. The summed E-state index contributed by atoms with van der Waals surface area (Å²) in [6, 6.07) is 15.9. The first-order chi connectivity index (χ1) is 9.70. The zero-order valence-corrected chi connectivity index (χ0v) is 11.9. The van der Waals surface area contributed by atoms with Gasteiger partial charge in [0.15, 0.2) is 0 Å². The zero-order valence-electron chi connectivity index (χ0n) is 11.2. The fourth-order valence-corrected chi connectivity index (χ4v) is 3.29. The quantitative estimate of drug-likeness (QED) is 0.908. The van der Waals surface area contributed by atoms with Gasteiger partial charge in [-0.25, -0.2) is 0 Å². The first kappa shape index (κ1) is 13.6. The lowest BCUT2D eigenvalue weighted by atomic mass is 9.70. The van der Waals surface area contributed by atoms with Gasteiger partial charge in [-0.2, -0.15) is 0 Å². The first-order valence-electron chi connectivity index (χ1n) is 6.92. The summed E-state index contributed by atoms with van der Waals surface area (Å²) in [7, 11) is 0. The topological polar surface area (TPSA) is 46.2 Å². The van der Waals surface area contributed by atoms with Gasteiger partial charge in [-0.15, -0.1) is 0 Å². The van der Waals surface area contributed by atoms with Crippen LogP contribution in [-0.2, 0) is 6.42 Å². The van der Waals surface area contributed by atoms with Gasteiger partial charge in [0, 0.05) is 23.4 Å². The highest BCUT2D eigenvalue weighted by Crippen LogP contribution is 2.41. The van der Waals surface area contributed by atoms with Crippen molar-refractivity contribution in [3.63, 3.8) is 0 Å². The minimum absolute atomic E-state index is 0.0768. The van der Waals surface area contributed by atoms with Crippen LogP contribution >= 0.6 is 11.6 Å². The van der Waals surface area contributed by atoms with Crippen molar-refractivity contribution in [3.05, 3.63) is 70.2 Å². The van der Waals surface area contributed by atoms with E-state index in [0.717, 1.165) is 12.0 Å². The average molecular weight is 288 g/mol. The van der Waals surface area contributed by atoms with E-state index in [1.165, 1.54) is 11.1 Å². The van der Waals surface area contributed by atoms with Gasteiger partial charge < -0.3 is 10.8 Å². The zero-order chi connectivity index (χ0) is 14.1. The molecule has 0 radical (unpaired) electrons. The summed E-state index contributed by atoms with van der Waals surface area (Å²) in [6.07, 6.45) is 0.461. The van der Waals surface area contributed by atoms with Crippen LogP contribution in [0.4, 0.5) is 0 Å². The molecule has 3 rings (SSSR count). The molecule has 0 aromatic heterocycles. The number of rotatable bonds is 4. The molecule has 0 bridgehead atoms. The largest absolute Gasteiger partial charge is 0.392 e. The molecule has 0 heterocycles. The number of nitrogens with two attached hydrogens (primary N) is 1. The van der Waals surface area contributed by atoms with E-state index in [0.29, 0.717) is 11.6 Å². The molecule has 3 atom stereocenters. The molecular weight excluding hydrogens is 270 g/mol. The summed E-state index contributed by atoms with van der Waals surface area (Å²) in [5.41, 5.74) is 9.48. The maximum atomic E-state index is 10.7. The van der Waals surface area contributed by atoms with E-state index in [2.05, 4.69) is 12.1 Å². The molecule has 0 amide bonds. The third-order valence-electron chi connectivity index (χ3n) is 4.25. The van der Waals surface area contributed by atoms with Crippen molar-refractivity contribution in [2.75, 3.05) is 6.54 Å². The molecule has 0 aliphatic heterocycles. The van der Waals surface area contributed by atoms with Crippen LogP contribution in [0.1, 0.15) is 28.5 Å². The Morgan fingerprint density at radius 1 is 1.20 bits per heavy atom. The predicted molar refractivity (Wildman–Crippen MR) is 82.1 cm³/mol. The third kappa shape index (κ3) is 2.35. The van der Waals surface area contributed by atoms with Crippen LogP contribution in [0.2, 0.25) is 5.02 Å². The number of halogens is 1. The summed E-state index contributed by atoms with van der Waals surface area (Å²) < 4.78 is 0. The summed E-state index contributed by atoms with van der Waals surface area (Å²) in [6.45, 7) is 0.417. The van der Waals surface area contributed by atoms with E-state index in [4.69, 9.17) is 17.3 Å². The second-order valence-corrected chi connectivity index (χ2v) is 5.83. The summed E-state index contributed by atoms with van der Waals surface area (Å²) in [5.74, 6) is 0.103. The van der Waals surface area contributed by atoms with E-state index in [9.17, 15) is 5.11 Å². The Morgan fingerprint density at radius 2 is 2.00 bits per heavy atom. The highest BCUT2D eigenvalue weighted by molar-refractivity contribution is 6.30. The third-order valence-corrected chi connectivity index (χ3v) is 4.48. The predicted octanol–water partition coefficient (Wildman–Crippen LogP) is 3.08. The normalized spacial score (nSPS) is 19.9. The Kier molecular flexibility index (Phi) is 3.79. The van der Waals surface area contributed by atoms with Gasteiger partial charge in [-0.1, -0.05) is 48.0 Å². The van der Waals surface area contributed by atoms with Crippen molar-refractivity contribution in [1.82, 2.24) is 0 Å². The second kappa shape index (κ2) is 5.57. The molecule has 1 aliphatic carbocycles. The molecule has 1 aliphatic rings. The number of benzene rings is 2. The summed E-state index contributed by atoms with van der Waals surface area (Å²) >= 11 is 6.04. The van der Waals surface area contributed by atoms with Gasteiger partial charge in [-0.05, 0) is 35.2 Å². The van der Waals surface area contributed by atoms with Gasteiger partial charge in [-0.3, -0.25) is 0 Å². The number of aliphatic hydroxyl groups is 1. The Morgan fingerprint density at radius 3 is 2.70 bits per heavy atom. The summed E-state index contributed by atoms with van der Waals surface area (Å²) in [4.78, 5) is 0. The van der Waals surface area contributed by atoms with Gasteiger partial charge in [0.2, 0.25) is 0 Å². The van der Waals surface area contributed by atoms with Crippen molar-refractivity contribution in [1.29, 1.82) is 0 Å². The Balaban J connectivity index is 1.84. The van der Waals surface area contributed by atoms with Crippen LogP contribution in [0.15, 0.2) is 48.5 Å². The summed E-state index contributed by atoms with van der Waals surface area (Å²) in [5, 5.41) is 11.4. The molecule has 20 heavy (non-hydrogen) atoms. The highest BCUT2D eigenvalue weighted by atomic mass is 35.5. The molecule has 3 N–H and O–H groups in total. The lowest BCUT2D eigenvalue weighted by Crippen LogP contribution is -2.36. The SMILES string of the molecule is NCC(c1cccc(Cl)c1)C(O)C1Cc2ccccc21. The number of hydrogen-bond acceptors (Lipinski definition) is 2. The molecule has 0 saturated heterocycles. The van der Waals surface area contributed by atoms with Crippen LogP contribution < -0.4 is 5.73 Å². The number of hydrogen-bond donors (Lipinski definition) is 2. The lowest BCUT2D eigenvalue weighted by Gasteiger charge is -2.37. The van der Waals surface area contributed by atoms with E-state index in [-0.39, 0.29) is 11.8 Å². The maximum Gasteiger partial charge on any atom is 0.0692 e. The maximum absolute atomic E-state index is 10.7.